The van der Waals surface area contributed by atoms with Crippen molar-refractivity contribution in [3.05, 3.63) is 58.1 Å². The number of carbonyl (C=O) groups excluding carboxylic acids is 3. The summed E-state index contributed by atoms with van der Waals surface area (Å²) in [6.45, 7) is 0.415. The largest absolute Gasteiger partial charge is 0.417 e. The van der Waals surface area contributed by atoms with Crippen LogP contribution in [0.2, 0.25) is 0 Å². The van der Waals surface area contributed by atoms with Crippen molar-refractivity contribution in [1.29, 1.82) is 0 Å². The number of hydrogen-bond acceptors (Lipinski definition) is 9. The highest BCUT2D eigenvalue weighted by Crippen LogP contribution is 2.32. The summed E-state index contributed by atoms with van der Waals surface area (Å²) in [5, 5.41) is 6.07. The summed E-state index contributed by atoms with van der Waals surface area (Å²) in [5.41, 5.74) is 9.17. The van der Waals surface area contributed by atoms with Crippen LogP contribution >= 0.6 is 11.3 Å². The lowest BCUT2D eigenvalue weighted by molar-refractivity contribution is -0.157. The molecule has 4 amide bonds. The maximum atomic E-state index is 14.0. The van der Waals surface area contributed by atoms with Gasteiger partial charge in [0.05, 0.1) is 28.8 Å². The van der Waals surface area contributed by atoms with Crippen molar-refractivity contribution >= 4 is 55.6 Å². The van der Waals surface area contributed by atoms with Gasteiger partial charge >= 0.3 is 11.8 Å². The molecule has 2 saturated heterocycles. The number of benzene rings is 2. The molecule has 2 aliphatic rings. The number of nitrogens with zero attached hydrogens (tertiary/aromatic N) is 5. The van der Waals surface area contributed by atoms with E-state index in [-0.39, 0.29) is 43.9 Å². The summed E-state index contributed by atoms with van der Waals surface area (Å²) >= 11 is 1.38. The Kier molecular flexibility index (Phi) is 5.99. The summed E-state index contributed by atoms with van der Waals surface area (Å²) in [7, 11) is 3.11. The van der Waals surface area contributed by atoms with Crippen molar-refractivity contribution in [3.8, 4) is 0 Å². The average molecular weight is 551 g/mol. The number of aromatic amines is 1. The Bertz CT molecular complexity index is 1680. The number of nitrogens with one attached hydrogen (secondary N) is 2. The second kappa shape index (κ2) is 9.39. The van der Waals surface area contributed by atoms with E-state index >= 15 is 0 Å². The van der Waals surface area contributed by atoms with Crippen LogP contribution in [-0.2, 0) is 22.6 Å². The predicted octanol–water partition coefficient (Wildman–Crippen LogP) is 0.923. The molecule has 2 atom stereocenters. The van der Waals surface area contributed by atoms with E-state index in [1.54, 1.807) is 40.1 Å². The van der Waals surface area contributed by atoms with Crippen LogP contribution in [0.1, 0.15) is 11.1 Å². The number of para-hydroxylation sites is 1. The van der Waals surface area contributed by atoms with Crippen LogP contribution in [0.4, 0.5) is 9.93 Å². The minimum Gasteiger partial charge on any atom is -0.408 e. The number of amides is 4. The number of piperazine rings is 1. The Hall–Kier alpha value is -4.43. The van der Waals surface area contributed by atoms with Gasteiger partial charge in [-0.3, -0.25) is 19.6 Å². The van der Waals surface area contributed by atoms with E-state index in [2.05, 4.69) is 15.3 Å². The predicted molar refractivity (Wildman–Crippen MR) is 143 cm³/mol. The van der Waals surface area contributed by atoms with Gasteiger partial charge in [-0.2, -0.15) is 5.01 Å². The Labute approximate surface area is 225 Å². The summed E-state index contributed by atoms with van der Waals surface area (Å²) in [6.07, 6.45) is -0.357. The third-order valence-electron chi connectivity index (χ3n) is 7.25. The first-order chi connectivity index (χ1) is 18.7. The molecule has 202 valence electrons. The van der Waals surface area contributed by atoms with E-state index in [9.17, 15) is 19.2 Å². The number of rotatable bonds is 5. The molecule has 4 heterocycles. The third kappa shape index (κ3) is 4.27. The first kappa shape index (κ1) is 24.9. The van der Waals surface area contributed by atoms with Crippen molar-refractivity contribution in [2.24, 2.45) is 0 Å². The fourth-order valence-electron chi connectivity index (χ4n) is 5.42. The minimum atomic E-state index is -0.831. The highest BCUT2D eigenvalue weighted by Gasteiger charge is 2.51. The Balaban J connectivity index is 1.37. The molecule has 0 unspecified atom stereocenters. The van der Waals surface area contributed by atoms with Gasteiger partial charge in [-0.05, 0) is 29.3 Å². The molecule has 0 spiro atoms. The Morgan fingerprint density at radius 3 is 2.90 bits per heavy atom. The number of oxazole rings is 1. The number of hydrazine groups is 1. The van der Waals surface area contributed by atoms with Crippen molar-refractivity contribution < 1.29 is 18.8 Å². The summed E-state index contributed by atoms with van der Waals surface area (Å²) in [6, 6.07) is 9.74. The smallest absolute Gasteiger partial charge is 0.408 e. The van der Waals surface area contributed by atoms with Crippen molar-refractivity contribution in [1.82, 2.24) is 35.1 Å². The van der Waals surface area contributed by atoms with Gasteiger partial charge in [0.25, 0.3) is 0 Å². The number of hydrogen-bond donors (Lipinski definition) is 3. The SMILES string of the molecule is CNC(=O)N(C)N1CC(=O)N2[C@@H](Cc3ccc4[nH]c(=O)oc4c3)C(=O)N(Cc3cccc4sc(N)nc34)C[C@@H]21. The van der Waals surface area contributed by atoms with Gasteiger partial charge in [0.15, 0.2) is 10.7 Å². The molecular weight excluding hydrogens is 524 g/mol. The number of thiazole rings is 1. The molecule has 0 aliphatic carbocycles. The number of anilines is 1. The van der Waals surface area contributed by atoms with E-state index in [1.165, 1.54) is 23.4 Å². The molecule has 2 aromatic heterocycles. The van der Waals surface area contributed by atoms with Crippen molar-refractivity contribution in [2.45, 2.75) is 25.2 Å². The molecule has 4 aromatic rings. The minimum absolute atomic E-state index is 0.0455. The van der Waals surface area contributed by atoms with Gasteiger partial charge in [-0.25, -0.2) is 14.6 Å². The normalized spacial score (nSPS) is 19.7. The molecule has 2 fully saturated rings. The molecule has 14 heteroatoms. The van der Waals surface area contributed by atoms with Gasteiger partial charge in [-0.15, -0.1) is 0 Å². The zero-order valence-corrected chi connectivity index (χ0v) is 22.0. The van der Waals surface area contributed by atoms with E-state index < -0.39 is 18.0 Å². The lowest BCUT2D eigenvalue weighted by Crippen LogP contribution is -2.65. The van der Waals surface area contributed by atoms with E-state index in [1.807, 2.05) is 18.2 Å². The quantitative estimate of drug-likeness (QED) is 0.331. The van der Waals surface area contributed by atoms with Crippen LogP contribution in [0.15, 0.2) is 45.6 Å². The van der Waals surface area contributed by atoms with Crippen molar-refractivity contribution in [2.75, 3.05) is 32.9 Å². The fourth-order valence-corrected chi connectivity index (χ4v) is 6.21. The standard InChI is InChI=1S/C25H26N8O5S/c1-27-24(36)30(2)32-12-20(34)33-16(8-13-6-7-15-17(9-13)38-25(37)28-15)22(35)31(11-19(32)33)10-14-4-3-5-18-21(14)29-23(26)39-18/h3-7,9,16,19H,8,10-12H2,1-2H3,(H2,26,29)(H,27,36)(H,28,37)/t16-,19+/m0/s1. The second-order valence-electron chi connectivity index (χ2n) is 9.56. The first-order valence-corrected chi connectivity index (χ1v) is 13.1. The summed E-state index contributed by atoms with van der Waals surface area (Å²) in [5.74, 6) is -1.04. The molecule has 6 rings (SSSR count). The van der Waals surface area contributed by atoms with Crippen LogP contribution in [0.5, 0.6) is 0 Å². The van der Waals surface area contributed by atoms with Crippen LogP contribution < -0.4 is 16.8 Å². The molecular formula is C25H26N8O5S. The van der Waals surface area contributed by atoms with Crippen LogP contribution in [0.25, 0.3) is 21.3 Å². The first-order valence-electron chi connectivity index (χ1n) is 12.3. The number of nitrogens with two attached hydrogens (primary N) is 1. The van der Waals surface area contributed by atoms with E-state index in [4.69, 9.17) is 10.2 Å². The molecule has 0 saturated carbocycles. The van der Waals surface area contributed by atoms with Crippen LogP contribution in [0, 0.1) is 0 Å². The lowest BCUT2D eigenvalue weighted by atomic mass is 9.99. The number of aromatic nitrogens is 2. The molecule has 13 nitrogen and oxygen atoms in total. The highest BCUT2D eigenvalue weighted by atomic mass is 32.1. The van der Waals surface area contributed by atoms with Crippen LogP contribution in [-0.4, -0.2) is 87.0 Å². The van der Waals surface area contributed by atoms with Crippen molar-refractivity contribution in [3.63, 3.8) is 0 Å². The second-order valence-corrected chi connectivity index (χ2v) is 10.6. The zero-order valence-electron chi connectivity index (χ0n) is 21.2. The molecule has 0 bridgehead atoms. The number of H-pyrrole nitrogens is 1. The van der Waals surface area contributed by atoms with E-state index in [0.717, 1.165) is 21.3 Å². The molecule has 2 aliphatic heterocycles. The highest BCUT2D eigenvalue weighted by molar-refractivity contribution is 7.22. The molecule has 2 aromatic carbocycles. The number of carbonyl (C=O) groups is 3. The maximum absolute atomic E-state index is 14.0. The fraction of sp³-hybridized carbons (Fsp3) is 0.320. The topological polar surface area (TPSA) is 161 Å². The van der Waals surface area contributed by atoms with Gasteiger partial charge in [0, 0.05) is 27.1 Å². The lowest BCUT2D eigenvalue weighted by Gasteiger charge is -2.45. The Morgan fingerprint density at radius 2 is 2.10 bits per heavy atom. The number of urea groups is 1. The van der Waals surface area contributed by atoms with Gasteiger partial charge in [0.2, 0.25) is 11.8 Å². The monoisotopic (exact) mass is 550 g/mol. The molecule has 39 heavy (non-hydrogen) atoms. The summed E-state index contributed by atoms with van der Waals surface area (Å²) in [4.78, 5) is 61.7. The van der Waals surface area contributed by atoms with Crippen LogP contribution in [0.3, 0.4) is 0 Å². The van der Waals surface area contributed by atoms with Gasteiger partial charge < -0.3 is 25.3 Å². The zero-order chi connectivity index (χ0) is 27.4. The Morgan fingerprint density at radius 1 is 1.28 bits per heavy atom. The van der Waals surface area contributed by atoms with E-state index in [0.29, 0.717) is 16.2 Å². The maximum Gasteiger partial charge on any atom is 0.417 e. The number of nitrogen functional groups attached to an aromatic ring is 1. The summed E-state index contributed by atoms with van der Waals surface area (Å²) < 4.78 is 6.12. The molecule has 0 radical (unpaired) electrons. The molecule has 4 N–H and O–H groups in total. The number of fused-ring (bicyclic) bond motifs is 3. The van der Waals surface area contributed by atoms with Gasteiger partial charge in [0.1, 0.15) is 12.2 Å². The van der Waals surface area contributed by atoms with Gasteiger partial charge in [-0.1, -0.05) is 29.5 Å². The third-order valence-corrected chi connectivity index (χ3v) is 8.10. The average Bonchev–Trinajstić information content (AvgIpc) is 3.58.